The lowest BCUT2D eigenvalue weighted by molar-refractivity contribution is 0.410. The molecule has 3 rings (SSSR count). The molecular formula is C24H31N3O2. The van der Waals surface area contributed by atoms with Crippen molar-refractivity contribution in [3.8, 4) is 22.8 Å². The number of aryl methyl sites for hydroxylation is 1. The van der Waals surface area contributed by atoms with Crippen LogP contribution in [0.2, 0.25) is 0 Å². The third kappa shape index (κ3) is 6.86. The highest BCUT2D eigenvalue weighted by molar-refractivity contribution is 5.64. The van der Waals surface area contributed by atoms with Gasteiger partial charge in [-0.3, -0.25) is 0 Å². The summed E-state index contributed by atoms with van der Waals surface area (Å²) < 4.78 is 5.13. The van der Waals surface area contributed by atoms with Gasteiger partial charge < -0.3 is 9.84 Å². The minimum Gasteiger partial charge on any atom is -0.508 e. The van der Waals surface area contributed by atoms with Gasteiger partial charge in [0.25, 0.3) is 0 Å². The summed E-state index contributed by atoms with van der Waals surface area (Å²) in [4.78, 5) is 0. The predicted octanol–water partition coefficient (Wildman–Crippen LogP) is 5.62. The molecule has 0 aliphatic heterocycles. The number of aromatic hydroxyl groups is 1. The average molecular weight is 394 g/mol. The Morgan fingerprint density at radius 2 is 1.72 bits per heavy atom. The summed E-state index contributed by atoms with van der Waals surface area (Å²) in [6.07, 6.45) is 8.62. The Hall–Kier alpha value is -2.95. The second-order valence-electron chi connectivity index (χ2n) is 6.80. The SMILES string of the molecule is CCCCCCc1c(O)cccc1CC.COc1cnnnc1-c1ccccc1. The topological polar surface area (TPSA) is 68.1 Å². The Morgan fingerprint density at radius 3 is 2.41 bits per heavy atom. The van der Waals surface area contributed by atoms with E-state index >= 15 is 0 Å². The van der Waals surface area contributed by atoms with Crippen molar-refractivity contribution in [2.45, 2.75) is 52.4 Å². The predicted molar refractivity (Wildman–Crippen MR) is 117 cm³/mol. The first-order valence-electron chi connectivity index (χ1n) is 10.3. The van der Waals surface area contributed by atoms with E-state index < -0.39 is 0 Å². The van der Waals surface area contributed by atoms with Crippen LogP contribution in [0.4, 0.5) is 0 Å². The number of ether oxygens (including phenoxy) is 1. The Bertz CT molecular complexity index is 854. The van der Waals surface area contributed by atoms with E-state index in [0.717, 1.165) is 24.0 Å². The van der Waals surface area contributed by atoms with Gasteiger partial charge in [0.05, 0.1) is 13.3 Å². The highest BCUT2D eigenvalue weighted by atomic mass is 16.5. The fourth-order valence-corrected chi connectivity index (χ4v) is 3.17. The number of phenolic OH excluding ortho intramolecular Hbond substituents is 1. The molecule has 0 saturated carbocycles. The number of hydrogen-bond acceptors (Lipinski definition) is 5. The van der Waals surface area contributed by atoms with Crippen LogP contribution in [0.1, 0.15) is 50.7 Å². The zero-order chi connectivity index (χ0) is 20.9. The Balaban J connectivity index is 0.000000207. The van der Waals surface area contributed by atoms with E-state index in [4.69, 9.17) is 4.74 Å². The van der Waals surface area contributed by atoms with Gasteiger partial charge in [0.2, 0.25) is 0 Å². The number of aromatic nitrogens is 3. The second kappa shape index (κ2) is 12.5. The molecule has 0 aliphatic rings. The van der Waals surface area contributed by atoms with Gasteiger partial charge in [0, 0.05) is 5.56 Å². The van der Waals surface area contributed by atoms with Gasteiger partial charge in [0.1, 0.15) is 11.4 Å². The van der Waals surface area contributed by atoms with E-state index in [-0.39, 0.29) is 0 Å². The van der Waals surface area contributed by atoms with Crippen LogP contribution in [0.15, 0.2) is 54.7 Å². The van der Waals surface area contributed by atoms with Crippen molar-refractivity contribution in [2.24, 2.45) is 0 Å². The summed E-state index contributed by atoms with van der Waals surface area (Å²) >= 11 is 0. The van der Waals surface area contributed by atoms with Gasteiger partial charge in [-0.1, -0.05) is 75.6 Å². The smallest absolute Gasteiger partial charge is 0.167 e. The van der Waals surface area contributed by atoms with Crippen LogP contribution in [-0.2, 0) is 12.8 Å². The Morgan fingerprint density at radius 1 is 0.931 bits per heavy atom. The van der Waals surface area contributed by atoms with E-state index in [2.05, 4.69) is 35.3 Å². The Labute approximate surface area is 173 Å². The molecule has 0 saturated heterocycles. The molecule has 1 aromatic heterocycles. The normalized spacial score (nSPS) is 10.2. The summed E-state index contributed by atoms with van der Waals surface area (Å²) in [7, 11) is 1.59. The molecule has 0 radical (unpaired) electrons. The molecule has 0 aliphatic carbocycles. The minimum atomic E-state index is 0.478. The lowest BCUT2D eigenvalue weighted by atomic mass is 9.98. The van der Waals surface area contributed by atoms with Gasteiger partial charge in [-0.2, -0.15) is 0 Å². The number of unbranched alkanes of at least 4 members (excludes halogenated alkanes) is 3. The number of benzene rings is 2. The number of rotatable bonds is 8. The highest BCUT2D eigenvalue weighted by Gasteiger charge is 2.07. The lowest BCUT2D eigenvalue weighted by Crippen LogP contribution is -1.95. The standard InChI is InChI=1S/C14H22O.C10H9N3O/c1-3-5-6-7-10-13-12(4-2)9-8-11-14(13)15;1-14-9-7-11-13-12-10(9)8-5-3-2-4-6-8/h8-9,11,15H,3-7,10H2,1-2H3;2-7H,1H3. The van der Waals surface area contributed by atoms with Crippen molar-refractivity contribution < 1.29 is 9.84 Å². The van der Waals surface area contributed by atoms with Crippen LogP contribution in [-0.4, -0.2) is 27.6 Å². The molecule has 3 aromatic rings. The summed E-state index contributed by atoms with van der Waals surface area (Å²) in [6, 6.07) is 15.6. The molecule has 0 atom stereocenters. The molecule has 0 bridgehead atoms. The average Bonchev–Trinajstić information content (AvgIpc) is 2.78. The van der Waals surface area contributed by atoms with Crippen LogP contribution in [0.25, 0.3) is 11.3 Å². The first-order chi connectivity index (χ1) is 14.2. The molecular weight excluding hydrogens is 362 g/mol. The van der Waals surface area contributed by atoms with Crippen LogP contribution in [0.3, 0.4) is 0 Å². The molecule has 0 spiro atoms. The fourth-order valence-electron chi connectivity index (χ4n) is 3.17. The van der Waals surface area contributed by atoms with E-state index in [0.29, 0.717) is 17.2 Å². The molecule has 2 aromatic carbocycles. The van der Waals surface area contributed by atoms with E-state index in [1.165, 1.54) is 31.2 Å². The first kappa shape index (κ1) is 22.3. The zero-order valence-corrected chi connectivity index (χ0v) is 17.6. The lowest BCUT2D eigenvalue weighted by Gasteiger charge is -2.09. The maximum atomic E-state index is 9.78. The largest absolute Gasteiger partial charge is 0.508 e. The summed E-state index contributed by atoms with van der Waals surface area (Å²) in [6.45, 7) is 4.36. The fraction of sp³-hybridized carbons (Fsp3) is 0.375. The van der Waals surface area contributed by atoms with Crippen LogP contribution in [0.5, 0.6) is 11.5 Å². The van der Waals surface area contributed by atoms with Crippen molar-refractivity contribution in [2.75, 3.05) is 7.11 Å². The molecule has 1 N–H and O–H groups in total. The van der Waals surface area contributed by atoms with Crippen molar-refractivity contribution in [3.63, 3.8) is 0 Å². The highest BCUT2D eigenvalue weighted by Crippen LogP contribution is 2.25. The maximum Gasteiger partial charge on any atom is 0.167 e. The number of phenols is 1. The van der Waals surface area contributed by atoms with Crippen LogP contribution >= 0.6 is 0 Å². The Kier molecular flexibility index (Phi) is 9.63. The molecule has 154 valence electrons. The van der Waals surface area contributed by atoms with Gasteiger partial charge >= 0.3 is 0 Å². The molecule has 1 heterocycles. The third-order valence-electron chi connectivity index (χ3n) is 4.78. The number of hydrogen-bond donors (Lipinski definition) is 1. The molecule has 5 heteroatoms. The zero-order valence-electron chi connectivity index (χ0n) is 17.6. The van der Waals surface area contributed by atoms with Crippen molar-refractivity contribution in [1.82, 2.24) is 15.4 Å². The van der Waals surface area contributed by atoms with E-state index in [9.17, 15) is 5.11 Å². The second-order valence-corrected chi connectivity index (χ2v) is 6.80. The summed E-state index contributed by atoms with van der Waals surface area (Å²) in [5.41, 5.74) is 4.14. The summed E-state index contributed by atoms with van der Waals surface area (Å²) in [5.74, 6) is 1.11. The monoisotopic (exact) mass is 393 g/mol. The molecule has 0 amide bonds. The molecule has 5 nitrogen and oxygen atoms in total. The third-order valence-corrected chi connectivity index (χ3v) is 4.78. The van der Waals surface area contributed by atoms with Crippen molar-refractivity contribution >= 4 is 0 Å². The quantitative estimate of drug-likeness (QED) is 0.503. The first-order valence-corrected chi connectivity index (χ1v) is 10.3. The summed E-state index contributed by atoms with van der Waals surface area (Å²) in [5, 5.41) is 21.0. The van der Waals surface area contributed by atoms with Gasteiger partial charge in [-0.15, -0.1) is 10.2 Å². The number of nitrogens with zero attached hydrogens (tertiary/aromatic N) is 3. The van der Waals surface area contributed by atoms with E-state index in [1.807, 2.05) is 36.4 Å². The van der Waals surface area contributed by atoms with Gasteiger partial charge in [-0.25, -0.2) is 0 Å². The van der Waals surface area contributed by atoms with Crippen molar-refractivity contribution in [3.05, 3.63) is 65.9 Å². The molecule has 0 unspecified atom stereocenters. The van der Waals surface area contributed by atoms with Gasteiger partial charge in [-0.05, 0) is 41.7 Å². The molecule has 29 heavy (non-hydrogen) atoms. The van der Waals surface area contributed by atoms with Crippen LogP contribution < -0.4 is 4.74 Å². The minimum absolute atomic E-state index is 0.478. The van der Waals surface area contributed by atoms with Gasteiger partial charge in [0.15, 0.2) is 5.75 Å². The van der Waals surface area contributed by atoms with E-state index in [1.54, 1.807) is 19.4 Å². The molecule has 0 fully saturated rings. The van der Waals surface area contributed by atoms with Crippen LogP contribution in [0, 0.1) is 0 Å². The number of methoxy groups -OCH3 is 1. The van der Waals surface area contributed by atoms with Crippen molar-refractivity contribution in [1.29, 1.82) is 0 Å². The maximum absolute atomic E-state index is 9.78.